The van der Waals surface area contributed by atoms with Gasteiger partial charge in [-0.05, 0) is 175 Å². The summed E-state index contributed by atoms with van der Waals surface area (Å²) < 4.78 is 14.5. The molecule has 0 fully saturated rings. The minimum Gasteiger partial charge on any atom is -0.454 e. The van der Waals surface area contributed by atoms with Crippen molar-refractivity contribution in [2.45, 2.75) is 30.6 Å². The number of nitrogens with zero attached hydrogens (tertiary/aromatic N) is 2. The molecule has 484 valence electrons. The predicted octanol–water partition coefficient (Wildman–Crippen LogP) is 27.2. The Balaban J connectivity index is 0.839. The molecule has 2 heterocycles. The molecule has 5 aliphatic rings. The zero-order valence-corrected chi connectivity index (χ0v) is 57.0. The highest BCUT2D eigenvalue weighted by atomic mass is 16.3. The zero-order valence-electron chi connectivity index (χ0n) is 57.0. The van der Waals surface area contributed by atoms with Crippen LogP contribution in [0.1, 0.15) is 58.7 Å². The van der Waals surface area contributed by atoms with Crippen LogP contribution in [0.25, 0.3) is 154 Å². The quantitative estimate of drug-likeness (QED) is 0.149. The molecule has 4 unspecified atom stereocenters. The Hall–Kier alpha value is -13.0. The Morgan fingerprint density at radius 2 is 0.740 bits per heavy atom. The molecule has 17 aromatic carbocycles. The second kappa shape index (κ2) is 20.4. The van der Waals surface area contributed by atoms with Gasteiger partial charge >= 0.3 is 0 Å². The molecule has 0 saturated carbocycles. The summed E-state index contributed by atoms with van der Waals surface area (Å²) in [5.41, 5.74) is 23.9. The van der Waals surface area contributed by atoms with Crippen molar-refractivity contribution in [2.75, 3.05) is 9.80 Å². The third-order valence-electron chi connectivity index (χ3n) is 25.2. The van der Waals surface area contributed by atoms with Gasteiger partial charge in [-0.15, -0.1) is 0 Å². The van der Waals surface area contributed by atoms with Crippen LogP contribution in [-0.2, 0) is 10.8 Å². The van der Waals surface area contributed by atoms with Gasteiger partial charge in [-0.25, -0.2) is 0 Å². The fourth-order valence-electron chi connectivity index (χ4n) is 20.6. The topological polar surface area (TPSA) is 32.8 Å². The van der Waals surface area contributed by atoms with Gasteiger partial charge in [0.05, 0.1) is 28.4 Å². The van der Waals surface area contributed by atoms with Crippen molar-refractivity contribution in [1.29, 1.82) is 0 Å². The molecule has 0 aliphatic heterocycles. The second-order valence-corrected chi connectivity index (χ2v) is 29.8. The lowest BCUT2D eigenvalue weighted by molar-refractivity contribution is 0.376. The van der Waals surface area contributed by atoms with Crippen LogP contribution in [0.5, 0.6) is 0 Å². The van der Waals surface area contributed by atoms with E-state index in [2.05, 4.69) is 351 Å². The predicted molar refractivity (Wildman–Crippen MR) is 435 cm³/mol. The average Bonchev–Trinajstić information content (AvgIpc) is 1.48. The molecule has 0 saturated heterocycles. The first-order chi connectivity index (χ1) is 51.4. The lowest BCUT2D eigenvalue weighted by atomic mass is 9.56. The first-order valence-electron chi connectivity index (χ1n) is 36.5. The molecule has 4 nitrogen and oxygen atoms in total. The Labute approximate surface area is 599 Å². The molecular weight excluding hydrogens is 1260 g/mol. The van der Waals surface area contributed by atoms with E-state index in [1.165, 1.54) is 142 Å². The maximum absolute atomic E-state index is 7.27. The highest BCUT2D eigenvalue weighted by Crippen LogP contribution is 2.70. The summed E-state index contributed by atoms with van der Waals surface area (Å²) in [7, 11) is 0. The Morgan fingerprint density at radius 1 is 0.298 bits per heavy atom. The molecule has 0 bridgehead atoms. The number of fused-ring (bicyclic) bond motifs is 20. The van der Waals surface area contributed by atoms with E-state index < -0.39 is 10.8 Å². The minimum atomic E-state index is -0.797. The number of hydrogen-bond acceptors (Lipinski definition) is 4. The summed E-state index contributed by atoms with van der Waals surface area (Å²) in [6.07, 6.45) is 14.4. The SMILES string of the molecule is CC1(C2(C)c3ccc4ccccc4c3-c3c2cc(N(c2ccc4ccc5cccc6ccc2c4c56)c2cccc4c2oc2ccccc24)c2ccccc32)c2ccc3ccccc3c2-c2c1cc(N(C1=CC=C3C=Cc4cccc5c4C3C1C=C5)c1cccc3c1oc1ccccc13)c1ccccc21. The summed E-state index contributed by atoms with van der Waals surface area (Å²) in [4.78, 5) is 5.21. The summed E-state index contributed by atoms with van der Waals surface area (Å²) in [6, 6.07) is 110. The van der Waals surface area contributed by atoms with Crippen LogP contribution in [0, 0.1) is 5.92 Å². The molecular formula is C100H62N2O2. The van der Waals surface area contributed by atoms with Crippen LogP contribution >= 0.6 is 0 Å². The zero-order chi connectivity index (χ0) is 68.0. The van der Waals surface area contributed by atoms with Gasteiger partial charge < -0.3 is 18.6 Å². The molecule has 0 spiro atoms. The number of para-hydroxylation sites is 4. The van der Waals surface area contributed by atoms with E-state index in [1.54, 1.807) is 0 Å². The molecule has 0 N–H and O–H groups in total. The van der Waals surface area contributed by atoms with E-state index in [-0.39, 0.29) is 11.8 Å². The highest BCUT2D eigenvalue weighted by molar-refractivity contribution is 6.28. The van der Waals surface area contributed by atoms with Gasteiger partial charge in [0, 0.05) is 66.1 Å². The minimum absolute atomic E-state index is 0.0133. The van der Waals surface area contributed by atoms with Crippen molar-refractivity contribution in [3.8, 4) is 22.3 Å². The van der Waals surface area contributed by atoms with E-state index >= 15 is 0 Å². The molecule has 4 atom stereocenters. The molecule has 104 heavy (non-hydrogen) atoms. The van der Waals surface area contributed by atoms with E-state index in [4.69, 9.17) is 8.83 Å². The maximum Gasteiger partial charge on any atom is 0.159 e. The van der Waals surface area contributed by atoms with Crippen molar-refractivity contribution in [3.63, 3.8) is 0 Å². The van der Waals surface area contributed by atoms with Gasteiger partial charge in [0.1, 0.15) is 11.2 Å². The number of benzene rings is 17. The van der Waals surface area contributed by atoms with Crippen LogP contribution in [0.15, 0.2) is 336 Å². The molecule has 0 radical (unpaired) electrons. The fourth-order valence-corrected chi connectivity index (χ4v) is 20.6. The van der Waals surface area contributed by atoms with Crippen LogP contribution in [0.4, 0.5) is 28.4 Å². The summed E-state index contributed by atoms with van der Waals surface area (Å²) >= 11 is 0. The number of allylic oxidation sites excluding steroid dienone is 5. The van der Waals surface area contributed by atoms with Crippen molar-refractivity contribution >= 4 is 160 Å². The Kier molecular flexibility index (Phi) is 11.1. The first-order valence-corrected chi connectivity index (χ1v) is 36.5. The summed E-state index contributed by atoms with van der Waals surface area (Å²) in [6.45, 7) is 5.24. The molecule has 4 heteroatoms. The third kappa shape index (κ3) is 7.17. The molecule has 19 aromatic rings. The van der Waals surface area contributed by atoms with Crippen LogP contribution in [-0.4, -0.2) is 0 Å². The largest absolute Gasteiger partial charge is 0.454 e. The average molecular weight is 1320 g/mol. The first kappa shape index (κ1) is 56.7. The lowest BCUT2D eigenvalue weighted by Crippen LogP contribution is -2.44. The van der Waals surface area contributed by atoms with Crippen molar-refractivity contribution in [3.05, 3.63) is 366 Å². The van der Waals surface area contributed by atoms with Crippen molar-refractivity contribution in [1.82, 2.24) is 0 Å². The number of hydrogen-bond donors (Lipinski definition) is 0. The van der Waals surface area contributed by atoms with Crippen molar-refractivity contribution in [2.24, 2.45) is 5.92 Å². The Bertz CT molecular complexity index is 7240. The van der Waals surface area contributed by atoms with Gasteiger partial charge in [-0.1, -0.05) is 293 Å². The second-order valence-electron chi connectivity index (χ2n) is 29.8. The molecule has 24 rings (SSSR count). The normalized spacial score (nSPS) is 18.2. The van der Waals surface area contributed by atoms with Gasteiger partial charge in [-0.3, -0.25) is 0 Å². The van der Waals surface area contributed by atoms with Gasteiger partial charge in [0.15, 0.2) is 11.2 Å². The molecule has 0 amide bonds. The standard InChI is InChI=1S/C100H62N2O2/c1-99(77-51-45-57-19-3-5-25-65(57)93(77)95-71-31-9-7-27-67(71)85(55-79(95)99)101(83-35-17-33-73-69-29-11-13-37-87(69)103-97(73)83)81-53-47-63-41-39-59-21-15-23-61-43-49-75(81)91(63)89(59)61)100(2)78-52-46-58-20-4-6-26-66(58)94(78)96-72-32-10-8-28-68(72)86(56-80(96)100)102(84-36-18-34-74-70-30-12-14-38-88(70)104-98(74)84)82-54-48-64-42-40-60-22-16-24-62-44-50-76(82)92(64)90(60)62/h3-56,75,91H,1-2H3. The third-order valence-corrected chi connectivity index (χ3v) is 25.2. The van der Waals surface area contributed by atoms with E-state index in [1.807, 2.05) is 0 Å². The summed E-state index contributed by atoms with van der Waals surface area (Å²) in [5.74, 6) is 0.0970. The monoisotopic (exact) mass is 1320 g/mol. The van der Waals surface area contributed by atoms with Crippen LogP contribution < -0.4 is 9.80 Å². The van der Waals surface area contributed by atoms with Gasteiger partial charge in [0.2, 0.25) is 0 Å². The molecule has 2 aromatic heterocycles. The van der Waals surface area contributed by atoms with E-state index in [9.17, 15) is 0 Å². The Morgan fingerprint density at radius 3 is 1.35 bits per heavy atom. The maximum atomic E-state index is 7.27. The lowest BCUT2D eigenvalue weighted by Gasteiger charge is -2.46. The smallest absolute Gasteiger partial charge is 0.159 e. The fraction of sp³-hybridized carbons (Fsp3) is 0.0600. The number of anilines is 5. The number of furan rings is 2. The molecule has 5 aliphatic carbocycles. The van der Waals surface area contributed by atoms with E-state index in [0.29, 0.717) is 0 Å². The summed E-state index contributed by atoms with van der Waals surface area (Å²) in [5, 5.41) is 21.4. The van der Waals surface area contributed by atoms with Gasteiger partial charge in [0.25, 0.3) is 0 Å². The van der Waals surface area contributed by atoms with Gasteiger partial charge in [-0.2, -0.15) is 0 Å². The highest BCUT2D eigenvalue weighted by Gasteiger charge is 2.59. The number of rotatable bonds is 7. The van der Waals surface area contributed by atoms with Crippen molar-refractivity contribution < 1.29 is 8.83 Å². The van der Waals surface area contributed by atoms with Crippen LogP contribution in [0.3, 0.4) is 0 Å². The van der Waals surface area contributed by atoms with E-state index in [0.717, 1.165) is 77.7 Å². The van der Waals surface area contributed by atoms with Crippen LogP contribution in [0.2, 0.25) is 0 Å².